The van der Waals surface area contributed by atoms with E-state index in [1.54, 1.807) is 11.9 Å². The first-order chi connectivity index (χ1) is 10.7. The molecule has 0 atom stereocenters. The molecule has 3 aromatic rings. The van der Waals surface area contributed by atoms with E-state index in [4.69, 9.17) is 0 Å². The predicted molar refractivity (Wildman–Crippen MR) is 86.5 cm³/mol. The molecule has 1 aliphatic rings. The van der Waals surface area contributed by atoms with E-state index in [-0.39, 0.29) is 5.91 Å². The van der Waals surface area contributed by atoms with Crippen LogP contribution >= 0.6 is 0 Å². The normalized spacial score (nSPS) is 13.0. The van der Waals surface area contributed by atoms with E-state index in [2.05, 4.69) is 5.10 Å². The number of hydrogen-bond acceptors (Lipinski definition) is 2. The monoisotopic (exact) mass is 289 g/mol. The van der Waals surface area contributed by atoms with Gasteiger partial charge in [-0.15, -0.1) is 0 Å². The Morgan fingerprint density at radius 3 is 2.32 bits per heavy atom. The van der Waals surface area contributed by atoms with Crippen LogP contribution in [0.5, 0.6) is 0 Å². The lowest BCUT2D eigenvalue weighted by Gasteiger charge is -2.24. The standard InChI is InChI=1S/C18H15N3O/c1-12-11-17-20(2)18(22)15-9-4-3-7-13(15)14-8-5-6-10-16(14)21(17)19-12/h3-11H,1-2H3. The highest BCUT2D eigenvalue weighted by atomic mass is 16.2. The molecule has 108 valence electrons. The van der Waals surface area contributed by atoms with E-state index in [0.717, 1.165) is 28.3 Å². The number of amides is 1. The summed E-state index contributed by atoms with van der Waals surface area (Å²) in [5.74, 6) is 0.760. The summed E-state index contributed by atoms with van der Waals surface area (Å²) in [6, 6.07) is 17.7. The molecule has 4 nitrogen and oxygen atoms in total. The van der Waals surface area contributed by atoms with Crippen molar-refractivity contribution in [3.8, 4) is 16.8 Å². The fourth-order valence-electron chi connectivity index (χ4n) is 2.98. The van der Waals surface area contributed by atoms with Crippen molar-refractivity contribution >= 4 is 11.7 Å². The molecule has 0 N–H and O–H groups in total. The van der Waals surface area contributed by atoms with Gasteiger partial charge in [-0.25, -0.2) is 4.68 Å². The van der Waals surface area contributed by atoms with Crippen LogP contribution in [0.2, 0.25) is 0 Å². The molecule has 4 rings (SSSR count). The van der Waals surface area contributed by atoms with Gasteiger partial charge in [0.05, 0.1) is 11.4 Å². The molecule has 0 saturated heterocycles. The highest BCUT2D eigenvalue weighted by Gasteiger charge is 2.26. The summed E-state index contributed by atoms with van der Waals surface area (Å²) in [6.07, 6.45) is 0. The van der Waals surface area contributed by atoms with Crippen LogP contribution in [0.15, 0.2) is 54.6 Å². The quantitative estimate of drug-likeness (QED) is 0.636. The first-order valence-electron chi connectivity index (χ1n) is 7.20. The molecule has 0 saturated carbocycles. The molecule has 0 fully saturated rings. The van der Waals surface area contributed by atoms with Crippen LogP contribution in [0.25, 0.3) is 16.8 Å². The number of hydrogen-bond donors (Lipinski definition) is 0. The van der Waals surface area contributed by atoms with E-state index < -0.39 is 0 Å². The highest BCUT2D eigenvalue weighted by Crippen LogP contribution is 2.35. The summed E-state index contributed by atoms with van der Waals surface area (Å²) in [5, 5.41) is 4.57. The Hall–Kier alpha value is -2.88. The summed E-state index contributed by atoms with van der Waals surface area (Å²) in [5.41, 5.74) is 4.54. The maximum absolute atomic E-state index is 12.9. The van der Waals surface area contributed by atoms with Crippen molar-refractivity contribution in [3.63, 3.8) is 0 Å². The van der Waals surface area contributed by atoms with Gasteiger partial charge in [-0.1, -0.05) is 36.4 Å². The Balaban J connectivity index is 2.14. The zero-order chi connectivity index (χ0) is 15.3. The van der Waals surface area contributed by atoms with Crippen LogP contribution < -0.4 is 4.90 Å². The largest absolute Gasteiger partial charge is 0.296 e. The third-order valence-electron chi connectivity index (χ3n) is 4.04. The third kappa shape index (κ3) is 1.70. The van der Waals surface area contributed by atoms with Gasteiger partial charge >= 0.3 is 0 Å². The molecule has 0 aliphatic carbocycles. The van der Waals surface area contributed by atoms with Crippen LogP contribution in [-0.4, -0.2) is 22.7 Å². The first kappa shape index (κ1) is 12.8. The Kier molecular flexibility index (Phi) is 2.66. The minimum atomic E-state index is -0.0220. The molecule has 0 radical (unpaired) electrons. The minimum Gasteiger partial charge on any atom is -0.296 e. The summed E-state index contributed by atoms with van der Waals surface area (Å²) < 4.78 is 1.85. The number of fused-ring (bicyclic) bond motifs is 5. The molecule has 2 heterocycles. The number of anilines is 1. The molecule has 1 aliphatic heterocycles. The maximum atomic E-state index is 12.9. The van der Waals surface area contributed by atoms with Crippen LogP contribution in [0.4, 0.5) is 5.82 Å². The molecule has 1 amide bonds. The van der Waals surface area contributed by atoms with Gasteiger partial charge in [0, 0.05) is 24.2 Å². The molecule has 22 heavy (non-hydrogen) atoms. The van der Waals surface area contributed by atoms with Crippen molar-refractivity contribution in [3.05, 3.63) is 65.9 Å². The van der Waals surface area contributed by atoms with E-state index in [1.807, 2.05) is 66.2 Å². The smallest absolute Gasteiger partial charge is 0.259 e. The third-order valence-corrected chi connectivity index (χ3v) is 4.04. The zero-order valence-corrected chi connectivity index (χ0v) is 12.4. The number of aryl methyl sites for hydroxylation is 1. The van der Waals surface area contributed by atoms with Crippen molar-refractivity contribution in [2.24, 2.45) is 0 Å². The van der Waals surface area contributed by atoms with Gasteiger partial charge in [0.15, 0.2) is 0 Å². The second kappa shape index (κ2) is 4.56. The van der Waals surface area contributed by atoms with Gasteiger partial charge in [0.1, 0.15) is 5.82 Å². The number of aromatic nitrogens is 2. The van der Waals surface area contributed by atoms with Crippen LogP contribution in [-0.2, 0) is 0 Å². The lowest BCUT2D eigenvalue weighted by Crippen LogP contribution is -2.30. The van der Waals surface area contributed by atoms with Crippen molar-refractivity contribution in [1.82, 2.24) is 9.78 Å². The van der Waals surface area contributed by atoms with Gasteiger partial charge in [0.2, 0.25) is 0 Å². The number of carbonyl (C=O) groups excluding carboxylic acids is 1. The van der Waals surface area contributed by atoms with Crippen molar-refractivity contribution in [2.45, 2.75) is 6.92 Å². The van der Waals surface area contributed by atoms with Crippen molar-refractivity contribution < 1.29 is 4.79 Å². The number of carbonyl (C=O) groups is 1. The fourth-order valence-corrected chi connectivity index (χ4v) is 2.98. The van der Waals surface area contributed by atoms with E-state index >= 15 is 0 Å². The average Bonchev–Trinajstić information content (AvgIpc) is 2.94. The fraction of sp³-hybridized carbons (Fsp3) is 0.111. The SMILES string of the molecule is Cc1cc2n(n1)-c1ccccc1-c1ccccc1C(=O)N2C. The minimum absolute atomic E-state index is 0.0220. The van der Waals surface area contributed by atoms with Crippen molar-refractivity contribution in [1.29, 1.82) is 0 Å². The molecular formula is C18H15N3O. The van der Waals surface area contributed by atoms with Gasteiger partial charge in [0.25, 0.3) is 5.91 Å². The van der Waals surface area contributed by atoms with Gasteiger partial charge in [-0.3, -0.25) is 9.69 Å². The predicted octanol–water partition coefficient (Wildman–Crippen LogP) is 3.44. The van der Waals surface area contributed by atoms with Gasteiger partial charge in [-0.05, 0) is 24.6 Å². The topological polar surface area (TPSA) is 38.1 Å². The Morgan fingerprint density at radius 2 is 1.55 bits per heavy atom. The van der Waals surface area contributed by atoms with E-state index in [0.29, 0.717) is 5.56 Å². The average molecular weight is 289 g/mol. The molecule has 1 aromatic heterocycles. The summed E-state index contributed by atoms with van der Waals surface area (Å²) in [6.45, 7) is 1.94. The second-order valence-electron chi connectivity index (χ2n) is 5.48. The number of rotatable bonds is 0. The molecule has 0 bridgehead atoms. The molecule has 0 spiro atoms. The first-order valence-corrected chi connectivity index (χ1v) is 7.20. The number of para-hydroxylation sites is 1. The number of benzene rings is 2. The lowest BCUT2D eigenvalue weighted by atomic mass is 9.96. The summed E-state index contributed by atoms with van der Waals surface area (Å²) in [7, 11) is 1.79. The van der Waals surface area contributed by atoms with Crippen LogP contribution in [0.1, 0.15) is 16.1 Å². The summed E-state index contributed by atoms with van der Waals surface area (Å²) in [4.78, 5) is 14.5. The van der Waals surface area contributed by atoms with E-state index in [9.17, 15) is 4.79 Å². The maximum Gasteiger partial charge on any atom is 0.259 e. The molecule has 2 aromatic carbocycles. The van der Waals surface area contributed by atoms with Gasteiger partial charge < -0.3 is 0 Å². The zero-order valence-electron chi connectivity index (χ0n) is 12.4. The van der Waals surface area contributed by atoms with Gasteiger partial charge in [-0.2, -0.15) is 5.10 Å². The number of nitrogens with zero attached hydrogens (tertiary/aromatic N) is 3. The van der Waals surface area contributed by atoms with Crippen molar-refractivity contribution in [2.75, 3.05) is 11.9 Å². The molecular weight excluding hydrogens is 274 g/mol. The van der Waals surface area contributed by atoms with Crippen LogP contribution in [0.3, 0.4) is 0 Å². The Labute approximate surface area is 128 Å². The molecule has 0 unspecified atom stereocenters. The second-order valence-corrected chi connectivity index (χ2v) is 5.48. The Bertz CT molecular complexity index is 895. The lowest BCUT2D eigenvalue weighted by molar-refractivity contribution is 0.0992. The van der Waals surface area contributed by atoms with E-state index in [1.165, 1.54) is 0 Å². The summed E-state index contributed by atoms with van der Waals surface area (Å²) >= 11 is 0. The highest BCUT2D eigenvalue weighted by molar-refractivity contribution is 6.11. The molecule has 4 heteroatoms. The van der Waals surface area contributed by atoms with Crippen LogP contribution in [0, 0.1) is 6.92 Å². The Morgan fingerprint density at radius 1 is 0.909 bits per heavy atom.